The van der Waals surface area contributed by atoms with Crippen molar-refractivity contribution in [3.63, 3.8) is 0 Å². The minimum Gasteiger partial charge on any atom is -0.454 e. The van der Waals surface area contributed by atoms with E-state index in [-0.39, 0.29) is 18.7 Å². The fraction of sp³-hybridized carbons (Fsp3) is 0.273. The van der Waals surface area contributed by atoms with Crippen LogP contribution >= 0.6 is 0 Å². The lowest BCUT2D eigenvalue weighted by molar-refractivity contribution is 0.0474. The molecule has 0 bridgehead atoms. The quantitative estimate of drug-likeness (QED) is 0.421. The number of nitrogens with one attached hydrogen (secondary N) is 1. The van der Waals surface area contributed by atoms with Crippen LogP contribution in [0.2, 0.25) is 0 Å². The van der Waals surface area contributed by atoms with Crippen molar-refractivity contribution in [3.05, 3.63) is 65.1 Å². The first-order valence-electron chi connectivity index (χ1n) is 9.78. The van der Waals surface area contributed by atoms with Crippen LogP contribution in [0.4, 0.5) is 4.39 Å². The Balaban J connectivity index is 1.81. The second-order valence-corrected chi connectivity index (χ2v) is 8.81. The van der Waals surface area contributed by atoms with E-state index in [0.29, 0.717) is 11.3 Å². The molecule has 1 N–H and O–H groups in total. The van der Waals surface area contributed by atoms with E-state index in [4.69, 9.17) is 4.74 Å². The Labute approximate surface area is 179 Å². The molecule has 0 saturated heterocycles. The van der Waals surface area contributed by atoms with Crippen LogP contribution in [0.15, 0.2) is 47.4 Å². The minimum atomic E-state index is -4.11. The van der Waals surface area contributed by atoms with Crippen molar-refractivity contribution in [3.8, 4) is 0 Å². The summed E-state index contributed by atoms with van der Waals surface area (Å²) < 4.78 is 45.7. The number of aromatic amines is 1. The van der Waals surface area contributed by atoms with E-state index in [0.717, 1.165) is 33.4 Å². The second kappa shape index (κ2) is 8.99. The molecule has 3 rings (SSSR count). The van der Waals surface area contributed by atoms with Gasteiger partial charge >= 0.3 is 5.97 Å². The van der Waals surface area contributed by atoms with Gasteiger partial charge in [-0.05, 0) is 31.2 Å². The second-order valence-electron chi connectivity index (χ2n) is 6.90. The number of Topliss-reactive ketones (excluding diaryl/α,β-unsaturated/α-hetero) is 1. The van der Waals surface area contributed by atoms with Gasteiger partial charge < -0.3 is 9.72 Å². The first-order valence-corrected chi connectivity index (χ1v) is 11.2. The van der Waals surface area contributed by atoms with Gasteiger partial charge in [-0.15, -0.1) is 0 Å². The molecule has 1 aromatic heterocycles. The van der Waals surface area contributed by atoms with Gasteiger partial charge in [-0.2, -0.15) is 4.31 Å². The van der Waals surface area contributed by atoms with Crippen molar-refractivity contribution in [1.29, 1.82) is 0 Å². The predicted octanol–water partition coefficient (Wildman–Crippen LogP) is 3.69. The number of esters is 1. The van der Waals surface area contributed by atoms with Gasteiger partial charge in [-0.1, -0.05) is 32.0 Å². The molecule has 0 amide bonds. The lowest BCUT2D eigenvalue weighted by Crippen LogP contribution is -2.31. The van der Waals surface area contributed by atoms with Gasteiger partial charge in [-0.3, -0.25) is 4.79 Å². The Morgan fingerprint density at radius 2 is 1.77 bits per heavy atom. The van der Waals surface area contributed by atoms with Crippen LogP contribution in [0.5, 0.6) is 0 Å². The summed E-state index contributed by atoms with van der Waals surface area (Å²) in [5, 5.41) is 0.718. The zero-order valence-electron chi connectivity index (χ0n) is 17.4. The summed E-state index contributed by atoms with van der Waals surface area (Å²) in [4.78, 5) is 27.6. The zero-order valence-corrected chi connectivity index (χ0v) is 18.3. The van der Waals surface area contributed by atoms with E-state index in [9.17, 15) is 22.4 Å². The highest BCUT2D eigenvalue weighted by Gasteiger charge is 2.27. The summed E-state index contributed by atoms with van der Waals surface area (Å²) in [6.07, 6.45) is 0. The van der Waals surface area contributed by atoms with E-state index < -0.39 is 39.1 Å². The molecule has 9 heteroatoms. The Hall–Kier alpha value is -3.04. The number of carbonyl (C=O) groups is 2. The number of ketones is 1. The number of rotatable bonds is 8. The molecule has 0 aliphatic carbocycles. The van der Waals surface area contributed by atoms with Crippen LogP contribution in [0, 0.1) is 12.7 Å². The fourth-order valence-electron chi connectivity index (χ4n) is 3.45. The first-order chi connectivity index (χ1) is 14.7. The monoisotopic (exact) mass is 446 g/mol. The van der Waals surface area contributed by atoms with E-state index in [2.05, 4.69) is 4.98 Å². The first kappa shape index (κ1) is 22.6. The minimum absolute atomic E-state index is 0.157. The number of ether oxygens (including phenoxy) is 1. The molecule has 164 valence electrons. The largest absolute Gasteiger partial charge is 0.454 e. The van der Waals surface area contributed by atoms with Gasteiger partial charge in [-0.25, -0.2) is 17.6 Å². The molecule has 0 unspecified atom stereocenters. The van der Waals surface area contributed by atoms with Gasteiger partial charge in [0.2, 0.25) is 15.8 Å². The third-order valence-electron chi connectivity index (χ3n) is 5.00. The third kappa shape index (κ3) is 4.38. The van der Waals surface area contributed by atoms with Crippen LogP contribution in [-0.4, -0.2) is 49.2 Å². The normalized spacial score (nSPS) is 11.8. The van der Waals surface area contributed by atoms with Gasteiger partial charge in [0, 0.05) is 35.2 Å². The lowest BCUT2D eigenvalue weighted by atomic mass is 10.1. The van der Waals surface area contributed by atoms with Gasteiger partial charge in [0.05, 0.1) is 5.56 Å². The molecule has 0 saturated carbocycles. The number of H-pyrrole nitrogens is 1. The van der Waals surface area contributed by atoms with Crippen LogP contribution < -0.4 is 0 Å². The highest BCUT2D eigenvalue weighted by atomic mass is 32.2. The molecule has 3 aromatic rings. The number of para-hydroxylation sites is 1. The number of hydrogen-bond acceptors (Lipinski definition) is 5. The summed E-state index contributed by atoms with van der Waals surface area (Å²) in [6, 6.07) is 10.2. The molecule has 2 aromatic carbocycles. The molecule has 0 aliphatic rings. The number of fused-ring (bicyclic) bond motifs is 1. The molecule has 0 fully saturated rings. The lowest BCUT2D eigenvalue weighted by Gasteiger charge is -2.19. The maximum absolute atomic E-state index is 14.2. The van der Waals surface area contributed by atoms with Crippen LogP contribution in [-0.2, 0) is 14.8 Å². The van der Waals surface area contributed by atoms with Gasteiger partial charge in [0.25, 0.3) is 0 Å². The smallest absolute Gasteiger partial charge is 0.338 e. The van der Waals surface area contributed by atoms with Crippen LogP contribution in [0.25, 0.3) is 10.9 Å². The highest BCUT2D eigenvalue weighted by Crippen LogP contribution is 2.23. The molecular weight excluding hydrogens is 423 g/mol. The highest BCUT2D eigenvalue weighted by molar-refractivity contribution is 7.89. The fourth-order valence-corrected chi connectivity index (χ4v) is 5.00. The number of nitrogens with zero attached hydrogens (tertiary/aromatic N) is 1. The molecular formula is C22H23FN2O5S. The van der Waals surface area contributed by atoms with Gasteiger partial charge in [0.15, 0.2) is 6.61 Å². The number of hydrogen-bond donors (Lipinski definition) is 1. The standard InChI is InChI=1S/C22H23FN2O5S/c1-4-25(5-2)31(28,29)20-12-15(10-11-17(20)23)22(27)30-13-19(26)21-14(3)24-18-9-7-6-8-16(18)21/h6-12,24H,4-5,13H2,1-3H3. The average molecular weight is 447 g/mol. The number of sulfonamides is 1. The van der Waals surface area contributed by atoms with Crippen molar-refractivity contribution < 1.29 is 27.1 Å². The zero-order chi connectivity index (χ0) is 22.8. The Morgan fingerprint density at radius 1 is 1.10 bits per heavy atom. The summed E-state index contributed by atoms with van der Waals surface area (Å²) in [5.41, 5.74) is 1.71. The van der Waals surface area contributed by atoms with Crippen molar-refractivity contribution >= 4 is 32.7 Å². The molecule has 0 atom stereocenters. The molecule has 0 aliphatic heterocycles. The Kier molecular flexibility index (Phi) is 6.56. The maximum Gasteiger partial charge on any atom is 0.338 e. The predicted molar refractivity (Wildman–Crippen MR) is 114 cm³/mol. The van der Waals surface area contributed by atoms with Crippen molar-refractivity contribution in [2.24, 2.45) is 0 Å². The number of carbonyl (C=O) groups excluding carboxylic acids is 2. The molecule has 7 nitrogen and oxygen atoms in total. The number of aromatic nitrogens is 1. The topological polar surface area (TPSA) is 96.5 Å². The van der Waals surface area contributed by atoms with Crippen molar-refractivity contribution in [2.45, 2.75) is 25.7 Å². The van der Waals surface area contributed by atoms with Crippen LogP contribution in [0.1, 0.15) is 40.3 Å². The maximum atomic E-state index is 14.2. The Bertz CT molecular complexity index is 1250. The third-order valence-corrected chi connectivity index (χ3v) is 7.06. The average Bonchev–Trinajstić information content (AvgIpc) is 3.08. The summed E-state index contributed by atoms with van der Waals surface area (Å²) in [7, 11) is -4.11. The van der Waals surface area contributed by atoms with E-state index >= 15 is 0 Å². The molecule has 1 heterocycles. The van der Waals surface area contributed by atoms with E-state index in [1.165, 1.54) is 0 Å². The Morgan fingerprint density at radius 3 is 2.45 bits per heavy atom. The van der Waals surface area contributed by atoms with Crippen molar-refractivity contribution in [2.75, 3.05) is 19.7 Å². The van der Waals surface area contributed by atoms with Crippen molar-refractivity contribution in [1.82, 2.24) is 9.29 Å². The van der Waals surface area contributed by atoms with E-state index in [1.807, 2.05) is 12.1 Å². The number of aryl methyl sites for hydroxylation is 1. The summed E-state index contributed by atoms with van der Waals surface area (Å²) in [6.45, 7) is 4.80. The number of benzene rings is 2. The number of halogens is 1. The molecule has 0 radical (unpaired) electrons. The molecule has 31 heavy (non-hydrogen) atoms. The summed E-state index contributed by atoms with van der Waals surface area (Å²) >= 11 is 0. The summed E-state index contributed by atoms with van der Waals surface area (Å²) in [5.74, 6) is -2.28. The SMILES string of the molecule is CCN(CC)S(=O)(=O)c1cc(C(=O)OCC(=O)c2c(C)[nH]c3ccccc23)ccc1F. The molecule has 0 spiro atoms. The van der Waals surface area contributed by atoms with Gasteiger partial charge in [0.1, 0.15) is 10.7 Å². The van der Waals surface area contributed by atoms with Crippen LogP contribution in [0.3, 0.4) is 0 Å². The van der Waals surface area contributed by atoms with E-state index in [1.54, 1.807) is 32.9 Å².